The lowest BCUT2D eigenvalue weighted by atomic mass is 9.69. The van der Waals surface area contributed by atoms with Crippen molar-refractivity contribution in [1.29, 1.82) is 0 Å². The summed E-state index contributed by atoms with van der Waals surface area (Å²) in [5.74, 6) is -0.614. The van der Waals surface area contributed by atoms with Gasteiger partial charge >= 0.3 is 12.1 Å². The summed E-state index contributed by atoms with van der Waals surface area (Å²) in [7, 11) is 1.52. The number of benzene rings is 1. The Hall–Kier alpha value is -3.14. The van der Waals surface area contributed by atoms with E-state index in [9.17, 15) is 23.1 Å². The highest BCUT2D eigenvalue weighted by Gasteiger charge is 2.45. The molecule has 2 aromatic rings. The summed E-state index contributed by atoms with van der Waals surface area (Å²) in [5.41, 5.74) is -1.62. The van der Waals surface area contributed by atoms with E-state index in [0.29, 0.717) is 12.8 Å². The van der Waals surface area contributed by atoms with Crippen LogP contribution in [0.3, 0.4) is 0 Å². The van der Waals surface area contributed by atoms with Crippen molar-refractivity contribution in [2.75, 3.05) is 13.7 Å². The van der Waals surface area contributed by atoms with E-state index in [1.807, 2.05) is 0 Å². The molecule has 1 fully saturated rings. The Kier molecular flexibility index (Phi) is 5.97. The maximum absolute atomic E-state index is 13.3. The molecule has 160 valence electrons. The number of aromatic amines is 1. The summed E-state index contributed by atoms with van der Waals surface area (Å²) < 4.78 is 40.0. The second kappa shape index (κ2) is 8.31. The van der Waals surface area contributed by atoms with E-state index in [1.54, 1.807) is 0 Å². The normalized spacial score (nSPS) is 16.1. The minimum atomic E-state index is -4.52. The molecule has 1 saturated carbocycles. The number of nitrogens with one attached hydrogen (secondary N) is 1. The molecular formula is C20H21F3N4O3. The van der Waals surface area contributed by atoms with E-state index >= 15 is 0 Å². The second-order valence-electron chi connectivity index (χ2n) is 7.03. The molecule has 3 rings (SSSR count). The summed E-state index contributed by atoms with van der Waals surface area (Å²) in [5, 5.41) is 10.7. The highest BCUT2D eigenvalue weighted by molar-refractivity contribution is 5.95. The number of alkyl halides is 3. The third kappa shape index (κ3) is 4.23. The van der Waals surface area contributed by atoms with E-state index in [0.717, 1.165) is 12.5 Å². The first-order chi connectivity index (χ1) is 14.2. The van der Waals surface area contributed by atoms with Crippen molar-refractivity contribution in [2.45, 2.75) is 25.4 Å². The molecule has 1 aliphatic rings. The minimum Gasteiger partial charge on any atom is -0.481 e. The summed E-state index contributed by atoms with van der Waals surface area (Å²) in [6, 6.07) is 5.16. The standard InChI is InChI=1S/C20H21F3N4O3/c1-3-24-17(27(2)30-12-19(18(28)29)9-6-10-19)16-25-11-15(26-16)13-7-4-5-8-14(13)20(21,22)23/h3-5,7-8,11H,1,6,9-10,12H2,2H3,(H,25,26)(H,28,29)/b24-17-. The van der Waals surface area contributed by atoms with Crippen LogP contribution in [-0.4, -0.2) is 45.6 Å². The van der Waals surface area contributed by atoms with Gasteiger partial charge in [-0.2, -0.15) is 13.2 Å². The number of halogens is 3. The molecule has 2 N–H and O–H groups in total. The summed E-state index contributed by atoms with van der Waals surface area (Å²) in [6.07, 6.45) is -0.165. The summed E-state index contributed by atoms with van der Waals surface area (Å²) in [4.78, 5) is 28.1. The van der Waals surface area contributed by atoms with E-state index in [1.165, 1.54) is 42.7 Å². The van der Waals surface area contributed by atoms with Crippen LogP contribution < -0.4 is 0 Å². The van der Waals surface area contributed by atoms with Gasteiger partial charge in [0.15, 0.2) is 11.7 Å². The molecule has 1 aliphatic carbocycles. The van der Waals surface area contributed by atoms with Gasteiger partial charge in [-0.1, -0.05) is 31.2 Å². The number of imidazole rings is 1. The van der Waals surface area contributed by atoms with Gasteiger partial charge < -0.3 is 10.1 Å². The Morgan fingerprint density at radius 1 is 1.43 bits per heavy atom. The lowest BCUT2D eigenvalue weighted by Gasteiger charge is -2.38. The van der Waals surface area contributed by atoms with Crippen molar-refractivity contribution in [3.63, 3.8) is 0 Å². The predicted octanol–water partition coefficient (Wildman–Crippen LogP) is 4.10. The molecule has 1 heterocycles. The zero-order chi connectivity index (χ0) is 21.9. The molecule has 10 heteroatoms. The van der Waals surface area contributed by atoms with Gasteiger partial charge in [0.25, 0.3) is 0 Å². The van der Waals surface area contributed by atoms with Crippen molar-refractivity contribution in [1.82, 2.24) is 15.0 Å². The SMILES string of the molecule is C=C/N=C(/c1ncc(-c2ccccc2C(F)(F)F)[nH]1)N(C)OCC1(C(=O)O)CCC1. The maximum atomic E-state index is 13.3. The fourth-order valence-electron chi connectivity index (χ4n) is 3.22. The molecule has 0 saturated heterocycles. The van der Waals surface area contributed by atoms with Crippen LogP contribution in [0.4, 0.5) is 13.2 Å². The van der Waals surface area contributed by atoms with Gasteiger partial charge in [0, 0.05) is 18.8 Å². The Balaban J connectivity index is 1.84. The fourth-order valence-corrected chi connectivity index (χ4v) is 3.22. The quantitative estimate of drug-likeness (QED) is 0.398. The molecule has 7 nitrogen and oxygen atoms in total. The molecular weight excluding hydrogens is 401 g/mol. The molecule has 1 aromatic carbocycles. The van der Waals surface area contributed by atoms with Gasteiger partial charge in [0.05, 0.1) is 29.5 Å². The zero-order valence-electron chi connectivity index (χ0n) is 16.2. The monoisotopic (exact) mass is 422 g/mol. The van der Waals surface area contributed by atoms with Crippen molar-refractivity contribution in [3.05, 3.63) is 54.6 Å². The third-order valence-electron chi connectivity index (χ3n) is 5.12. The van der Waals surface area contributed by atoms with Crippen molar-refractivity contribution in [3.8, 4) is 11.3 Å². The first-order valence-corrected chi connectivity index (χ1v) is 9.19. The zero-order valence-corrected chi connectivity index (χ0v) is 16.2. The molecule has 0 bridgehead atoms. The number of carboxylic acids is 1. The van der Waals surface area contributed by atoms with E-state index < -0.39 is 23.1 Å². The van der Waals surface area contributed by atoms with E-state index in [-0.39, 0.29) is 29.5 Å². The Morgan fingerprint density at radius 2 is 2.13 bits per heavy atom. The molecule has 0 aliphatic heterocycles. The lowest BCUT2D eigenvalue weighted by Crippen LogP contribution is -2.44. The number of aliphatic carboxylic acids is 1. The largest absolute Gasteiger partial charge is 0.481 e. The van der Waals surface area contributed by atoms with Gasteiger partial charge in [0.2, 0.25) is 0 Å². The number of aromatic nitrogens is 2. The average molecular weight is 422 g/mol. The van der Waals surface area contributed by atoms with Gasteiger partial charge in [-0.05, 0) is 18.9 Å². The highest BCUT2D eigenvalue weighted by atomic mass is 19.4. The first-order valence-electron chi connectivity index (χ1n) is 9.19. The maximum Gasteiger partial charge on any atom is 0.417 e. The number of rotatable bonds is 7. The van der Waals surface area contributed by atoms with Gasteiger partial charge in [-0.15, -0.1) is 0 Å². The van der Waals surface area contributed by atoms with Gasteiger partial charge in [0.1, 0.15) is 0 Å². The number of nitrogens with zero attached hydrogens (tertiary/aromatic N) is 3. The number of carboxylic acid groups (broad SMARTS) is 1. The van der Waals surface area contributed by atoms with Crippen molar-refractivity contribution >= 4 is 11.8 Å². The van der Waals surface area contributed by atoms with Crippen LogP contribution >= 0.6 is 0 Å². The molecule has 0 unspecified atom stereocenters. The van der Waals surface area contributed by atoms with Gasteiger partial charge in [-0.25, -0.2) is 15.0 Å². The van der Waals surface area contributed by atoms with E-state index in [4.69, 9.17) is 4.84 Å². The molecule has 1 aromatic heterocycles. The van der Waals surface area contributed by atoms with Crippen molar-refractivity contribution < 1.29 is 27.9 Å². The molecule has 0 spiro atoms. The number of hydrogen-bond donors (Lipinski definition) is 2. The third-order valence-corrected chi connectivity index (χ3v) is 5.12. The average Bonchev–Trinajstić information content (AvgIpc) is 3.13. The van der Waals surface area contributed by atoms with Crippen LogP contribution in [-0.2, 0) is 15.8 Å². The number of carbonyl (C=O) groups is 1. The minimum absolute atomic E-state index is 0.0513. The first kappa shape index (κ1) is 21.6. The Morgan fingerprint density at radius 3 is 2.70 bits per heavy atom. The molecule has 30 heavy (non-hydrogen) atoms. The molecule has 0 atom stereocenters. The van der Waals surface area contributed by atoms with Crippen molar-refractivity contribution in [2.24, 2.45) is 10.4 Å². The Bertz CT molecular complexity index is 964. The van der Waals surface area contributed by atoms with Crippen LogP contribution in [0.15, 0.2) is 48.2 Å². The number of amidine groups is 1. The number of hydroxylamine groups is 2. The van der Waals surface area contributed by atoms with E-state index in [2.05, 4.69) is 21.5 Å². The van der Waals surface area contributed by atoms with Crippen LogP contribution in [0.25, 0.3) is 11.3 Å². The number of H-pyrrole nitrogens is 1. The molecule has 0 amide bonds. The van der Waals surface area contributed by atoms with Crippen LogP contribution in [0.2, 0.25) is 0 Å². The second-order valence-corrected chi connectivity index (χ2v) is 7.03. The molecule has 0 radical (unpaired) electrons. The summed E-state index contributed by atoms with van der Waals surface area (Å²) >= 11 is 0. The lowest BCUT2D eigenvalue weighted by molar-refractivity contribution is -0.176. The topological polar surface area (TPSA) is 90.8 Å². The van der Waals surface area contributed by atoms with Crippen LogP contribution in [0, 0.1) is 5.41 Å². The summed E-state index contributed by atoms with van der Waals surface area (Å²) in [6.45, 7) is 3.47. The van der Waals surface area contributed by atoms with Crippen LogP contribution in [0.1, 0.15) is 30.7 Å². The fraction of sp³-hybridized carbons (Fsp3) is 0.350. The predicted molar refractivity (Wildman–Crippen MR) is 103 cm³/mol. The number of aliphatic imine (C=N–C) groups is 1. The van der Waals surface area contributed by atoms with Gasteiger partial charge in [-0.3, -0.25) is 9.63 Å². The smallest absolute Gasteiger partial charge is 0.417 e. The number of hydrogen-bond acceptors (Lipinski definition) is 4. The highest BCUT2D eigenvalue weighted by Crippen LogP contribution is 2.41. The Labute approximate surface area is 170 Å². The van der Waals surface area contributed by atoms with Crippen LogP contribution in [0.5, 0.6) is 0 Å².